The van der Waals surface area contributed by atoms with Gasteiger partial charge in [-0.1, -0.05) is 122 Å². The van der Waals surface area contributed by atoms with Crippen molar-refractivity contribution >= 4 is 93.1 Å². The molecule has 53 heavy (non-hydrogen) atoms. The van der Waals surface area contributed by atoms with Crippen molar-refractivity contribution in [1.29, 1.82) is 0 Å². The van der Waals surface area contributed by atoms with Crippen LogP contribution in [0.25, 0.3) is 47.5 Å². The molecule has 0 aliphatic rings. The van der Waals surface area contributed by atoms with Crippen molar-refractivity contribution in [2.75, 3.05) is 9.80 Å². The van der Waals surface area contributed by atoms with Gasteiger partial charge in [0.25, 0.3) is 0 Å². The van der Waals surface area contributed by atoms with Gasteiger partial charge in [0.05, 0.1) is 20.8 Å². The molecule has 7 aromatic carbocycles. The van der Waals surface area contributed by atoms with Crippen molar-refractivity contribution in [1.82, 2.24) is 0 Å². The molecular formula is C49H36N2S2. The fraction of sp³-hybridized carbons (Fsp3) is 0.0204. The maximum absolute atomic E-state index is 3.87. The lowest BCUT2D eigenvalue weighted by Gasteiger charge is -2.27. The minimum atomic E-state index is 1.12. The first-order valence-electron chi connectivity index (χ1n) is 17.8. The Bertz CT molecular complexity index is 2740. The van der Waals surface area contributed by atoms with Crippen molar-refractivity contribution in [3.63, 3.8) is 0 Å². The Morgan fingerprint density at radius 1 is 0.453 bits per heavy atom. The molecule has 0 aliphatic carbocycles. The first-order chi connectivity index (χ1) is 26.2. The van der Waals surface area contributed by atoms with Crippen molar-refractivity contribution in [3.8, 4) is 11.1 Å². The monoisotopic (exact) mass is 716 g/mol. The van der Waals surface area contributed by atoms with Crippen molar-refractivity contribution in [3.05, 3.63) is 199 Å². The number of aryl methyl sites for hydroxylation is 1. The van der Waals surface area contributed by atoms with E-state index in [0.717, 1.165) is 22.7 Å². The fourth-order valence-corrected chi connectivity index (χ4v) is 9.69. The highest BCUT2D eigenvalue weighted by molar-refractivity contribution is 7.26. The van der Waals surface area contributed by atoms with E-state index in [9.17, 15) is 0 Å². The predicted molar refractivity (Wildman–Crippen MR) is 233 cm³/mol. The predicted octanol–water partition coefficient (Wildman–Crippen LogP) is 15.4. The summed E-state index contributed by atoms with van der Waals surface area (Å²) < 4.78 is 3.87. The summed E-state index contributed by atoms with van der Waals surface area (Å²) in [7, 11) is 0. The highest BCUT2D eigenvalue weighted by Gasteiger charge is 2.20. The molecule has 0 unspecified atom stereocenters. The molecule has 0 amide bonds. The molecule has 2 heterocycles. The maximum atomic E-state index is 3.87. The van der Waals surface area contributed by atoms with Crippen LogP contribution >= 0.6 is 22.7 Å². The molecule has 0 bridgehead atoms. The molecule has 0 saturated heterocycles. The Hall–Kier alpha value is -6.20. The molecule has 254 valence electrons. The summed E-state index contributed by atoms with van der Waals surface area (Å²) in [6.45, 7) is 6.08. The molecule has 0 atom stereocenters. The smallest absolute Gasteiger partial charge is 0.0640 e. The Labute approximate surface area is 318 Å². The number of rotatable bonds is 9. The topological polar surface area (TPSA) is 6.48 Å². The second kappa shape index (κ2) is 14.1. The van der Waals surface area contributed by atoms with E-state index >= 15 is 0 Å². The maximum Gasteiger partial charge on any atom is 0.0640 e. The van der Waals surface area contributed by atoms with Crippen LogP contribution in [0.3, 0.4) is 0 Å². The van der Waals surface area contributed by atoms with Crippen LogP contribution in [-0.4, -0.2) is 0 Å². The molecular weight excluding hydrogens is 681 g/mol. The third-order valence-electron chi connectivity index (χ3n) is 9.84. The van der Waals surface area contributed by atoms with E-state index in [0.29, 0.717) is 0 Å². The molecule has 2 nitrogen and oxygen atoms in total. The van der Waals surface area contributed by atoms with Gasteiger partial charge in [-0.3, -0.25) is 0 Å². The summed E-state index contributed by atoms with van der Waals surface area (Å²) in [6.07, 6.45) is 6.01. The number of anilines is 6. The summed E-state index contributed by atoms with van der Waals surface area (Å²) in [6, 6.07) is 61.3. The molecule has 9 aromatic rings. The van der Waals surface area contributed by atoms with Gasteiger partial charge in [0.15, 0.2) is 0 Å². The Kier molecular flexibility index (Phi) is 8.68. The Balaban J connectivity index is 1.09. The van der Waals surface area contributed by atoms with E-state index in [4.69, 9.17) is 0 Å². The first kappa shape index (κ1) is 32.7. The SMILES string of the molecule is C=C/C=C\c1sc2c(N(c3ccccc3)c3ccc(-c4ccc(N(c5ccccc5)c5cccc6c5sc5ccccc56)cc4)cc3)cccc2c1C. The van der Waals surface area contributed by atoms with Crippen LogP contribution in [0, 0.1) is 6.92 Å². The highest BCUT2D eigenvalue weighted by Crippen LogP contribution is 2.46. The number of para-hydroxylation sites is 2. The normalized spacial score (nSPS) is 11.5. The number of benzene rings is 7. The Morgan fingerprint density at radius 3 is 1.49 bits per heavy atom. The van der Waals surface area contributed by atoms with E-state index in [2.05, 4.69) is 199 Å². The summed E-state index contributed by atoms with van der Waals surface area (Å²) in [5, 5.41) is 3.88. The lowest BCUT2D eigenvalue weighted by molar-refractivity contribution is 1.30. The zero-order chi connectivity index (χ0) is 35.7. The van der Waals surface area contributed by atoms with Gasteiger partial charge in [-0.2, -0.15) is 0 Å². The molecule has 0 N–H and O–H groups in total. The van der Waals surface area contributed by atoms with E-state index in [-0.39, 0.29) is 0 Å². The minimum absolute atomic E-state index is 1.12. The molecule has 2 aromatic heterocycles. The van der Waals surface area contributed by atoms with Gasteiger partial charge in [-0.25, -0.2) is 0 Å². The number of hydrogen-bond acceptors (Lipinski definition) is 4. The highest BCUT2D eigenvalue weighted by atomic mass is 32.1. The molecule has 0 fully saturated rings. The minimum Gasteiger partial charge on any atom is -0.309 e. The van der Waals surface area contributed by atoms with Crippen LogP contribution in [0.4, 0.5) is 34.1 Å². The quantitative estimate of drug-likeness (QED) is 0.137. The van der Waals surface area contributed by atoms with Gasteiger partial charge < -0.3 is 9.80 Å². The van der Waals surface area contributed by atoms with Crippen LogP contribution in [0.15, 0.2) is 189 Å². The van der Waals surface area contributed by atoms with Gasteiger partial charge in [-0.05, 0) is 102 Å². The van der Waals surface area contributed by atoms with Crippen LogP contribution in [-0.2, 0) is 0 Å². The zero-order valence-corrected chi connectivity index (χ0v) is 30.9. The van der Waals surface area contributed by atoms with E-state index in [1.807, 2.05) is 34.8 Å². The number of hydrogen-bond donors (Lipinski definition) is 0. The average molecular weight is 717 g/mol. The lowest BCUT2D eigenvalue weighted by Crippen LogP contribution is -2.10. The van der Waals surface area contributed by atoms with E-state index in [1.54, 1.807) is 0 Å². The number of fused-ring (bicyclic) bond motifs is 4. The molecule has 0 radical (unpaired) electrons. The van der Waals surface area contributed by atoms with Gasteiger partial charge in [-0.15, -0.1) is 22.7 Å². The lowest BCUT2D eigenvalue weighted by atomic mass is 10.0. The third-order valence-corrected chi connectivity index (χ3v) is 12.3. The second-order valence-electron chi connectivity index (χ2n) is 13.0. The van der Waals surface area contributed by atoms with Crippen molar-refractivity contribution in [2.45, 2.75) is 6.92 Å². The van der Waals surface area contributed by atoms with Crippen molar-refractivity contribution in [2.24, 2.45) is 0 Å². The van der Waals surface area contributed by atoms with Crippen LogP contribution in [0.1, 0.15) is 10.4 Å². The molecule has 9 rings (SSSR count). The third kappa shape index (κ3) is 6.02. The largest absolute Gasteiger partial charge is 0.309 e. The number of thiophene rings is 2. The first-order valence-corrected chi connectivity index (χ1v) is 19.4. The summed E-state index contributed by atoms with van der Waals surface area (Å²) in [5.41, 5.74) is 10.5. The van der Waals surface area contributed by atoms with Crippen LogP contribution in [0.5, 0.6) is 0 Å². The van der Waals surface area contributed by atoms with E-state index in [1.165, 1.54) is 63.2 Å². The fourth-order valence-electron chi connectivity index (χ4n) is 7.26. The molecule has 0 aliphatic heterocycles. The standard InChI is InChI=1S/C49H36N2S2/c1-3-4-24-46-34(2)41-20-13-22-44(48(41)52-46)50(37-15-7-5-8-16-37)39-30-26-35(27-31-39)36-28-32-40(33-29-36)51(38-17-9-6-10-18-38)45-23-14-21-43-42-19-11-12-25-47(42)53-49(43)45/h3-33H,1H2,2H3/b24-4-. The molecule has 0 saturated carbocycles. The van der Waals surface area contributed by atoms with Crippen LogP contribution < -0.4 is 9.80 Å². The average Bonchev–Trinajstić information content (AvgIpc) is 3.76. The summed E-state index contributed by atoms with van der Waals surface area (Å²) in [5.74, 6) is 0. The number of nitrogens with zero attached hydrogens (tertiary/aromatic N) is 2. The summed E-state index contributed by atoms with van der Waals surface area (Å²) >= 11 is 3.69. The molecule has 4 heteroatoms. The number of allylic oxidation sites excluding steroid dienone is 2. The van der Waals surface area contributed by atoms with Gasteiger partial charge in [0, 0.05) is 43.1 Å². The van der Waals surface area contributed by atoms with Gasteiger partial charge in [0.2, 0.25) is 0 Å². The second-order valence-corrected chi connectivity index (χ2v) is 15.1. The van der Waals surface area contributed by atoms with E-state index < -0.39 is 0 Å². The zero-order valence-electron chi connectivity index (χ0n) is 29.3. The Morgan fingerprint density at radius 2 is 0.925 bits per heavy atom. The summed E-state index contributed by atoms with van der Waals surface area (Å²) in [4.78, 5) is 6.01. The van der Waals surface area contributed by atoms with Crippen LogP contribution in [0.2, 0.25) is 0 Å². The van der Waals surface area contributed by atoms with Gasteiger partial charge in [0.1, 0.15) is 0 Å². The molecule has 0 spiro atoms. The van der Waals surface area contributed by atoms with Gasteiger partial charge >= 0.3 is 0 Å². The van der Waals surface area contributed by atoms with Crippen molar-refractivity contribution < 1.29 is 0 Å².